The molecule has 4 nitrogen and oxygen atoms in total. The number of hydrogen-bond donors (Lipinski definition) is 2. The number of methoxy groups -OCH3 is 1. The van der Waals surface area contributed by atoms with E-state index in [2.05, 4.69) is 10.3 Å². The Kier molecular flexibility index (Phi) is 4.02. The molecule has 0 bridgehead atoms. The summed E-state index contributed by atoms with van der Waals surface area (Å²) in [6.07, 6.45) is 1.70. The number of carbonyl (C=O) groups is 1. The fourth-order valence-electron chi connectivity index (χ4n) is 2.33. The maximum atomic E-state index is 12.4. The fourth-order valence-corrected chi connectivity index (χ4v) is 2.54. The lowest BCUT2D eigenvalue weighted by molar-refractivity contribution is 0.0952. The fraction of sp³-hybridized carbons (Fsp3) is 0.118. The predicted octanol–water partition coefficient (Wildman–Crippen LogP) is 3.76. The Hall–Kier alpha value is -2.46. The number of rotatable bonds is 4. The molecule has 0 atom stereocenters. The number of nitrogens with one attached hydrogen (secondary N) is 2. The van der Waals surface area contributed by atoms with Gasteiger partial charge >= 0.3 is 0 Å². The van der Waals surface area contributed by atoms with Gasteiger partial charge in [0.05, 0.1) is 12.7 Å². The van der Waals surface area contributed by atoms with Crippen LogP contribution in [0, 0.1) is 0 Å². The molecule has 0 saturated heterocycles. The van der Waals surface area contributed by atoms with Gasteiger partial charge in [0.25, 0.3) is 5.91 Å². The Balaban J connectivity index is 1.79. The standard InChI is InChI=1S/C17H15ClN2O2/c1-22-12-6-7-13-14(10-19-16(13)8-12)17(21)20-9-11-4-2-3-5-15(11)18/h2-8,10,19H,9H2,1H3,(H,20,21). The Bertz CT molecular complexity index is 826. The van der Waals surface area contributed by atoms with E-state index >= 15 is 0 Å². The van der Waals surface area contributed by atoms with Crippen molar-refractivity contribution in [1.29, 1.82) is 0 Å². The highest BCUT2D eigenvalue weighted by atomic mass is 35.5. The first-order valence-corrected chi connectivity index (χ1v) is 7.23. The third kappa shape index (κ3) is 2.78. The van der Waals surface area contributed by atoms with Gasteiger partial charge in [-0.05, 0) is 23.8 Å². The van der Waals surface area contributed by atoms with Crippen LogP contribution in [0.4, 0.5) is 0 Å². The summed E-state index contributed by atoms with van der Waals surface area (Å²) in [5, 5.41) is 4.39. The van der Waals surface area contributed by atoms with Gasteiger partial charge in [0, 0.05) is 34.7 Å². The Morgan fingerprint density at radius 3 is 2.86 bits per heavy atom. The van der Waals surface area contributed by atoms with Crippen molar-refractivity contribution >= 4 is 28.4 Å². The first-order chi connectivity index (χ1) is 10.7. The molecule has 22 heavy (non-hydrogen) atoms. The quantitative estimate of drug-likeness (QED) is 0.770. The van der Waals surface area contributed by atoms with Gasteiger partial charge < -0.3 is 15.0 Å². The van der Waals surface area contributed by atoms with Crippen LogP contribution in [-0.2, 0) is 6.54 Å². The van der Waals surface area contributed by atoms with E-state index in [1.807, 2.05) is 36.4 Å². The minimum atomic E-state index is -0.142. The lowest BCUT2D eigenvalue weighted by Crippen LogP contribution is -2.22. The van der Waals surface area contributed by atoms with Crippen molar-refractivity contribution in [2.75, 3.05) is 7.11 Å². The number of carbonyl (C=O) groups excluding carboxylic acids is 1. The summed E-state index contributed by atoms with van der Waals surface area (Å²) in [5.41, 5.74) is 2.35. The third-order valence-corrected chi connectivity index (χ3v) is 3.90. The van der Waals surface area contributed by atoms with E-state index in [4.69, 9.17) is 16.3 Å². The number of ether oxygens (including phenoxy) is 1. The molecule has 0 aliphatic rings. The van der Waals surface area contributed by atoms with Gasteiger partial charge in [-0.25, -0.2) is 0 Å². The molecule has 0 fully saturated rings. The van der Waals surface area contributed by atoms with Gasteiger partial charge in [0.1, 0.15) is 5.75 Å². The van der Waals surface area contributed by atoms with E-state index in [9.17, 15) is 4.79 Å². The lowest BCUT2D eigenvalue weighted by atomic mass is 10.1. The average Bonchev–Trinajstić information content (AvgIpc) is 2.96. The van der Waals surface area contributed by atoms with Crippen LogP contribution in [0.25, 0.3) is 10.9 Å². The highest BCUT2D eigenvalue weighted by molar-refractivity contribution is 6.31. The SMILES string of the molecule is COc1ccc2c(C(=O)NCc3ccccc3Cl)c[nH]c2c1. The van der Waals surface area contributed by atoms with Crippen LogP contribution >= 0.6 is 11.6 Å². The Morgan fingerprint density at radius 2 is 2.09 bits per heavy atom. The van der Waals surface area contributed by atoms with E-state index in [1.165, 1.54) is 0 Å². The summed E-state index contributed by atoms with van der Waals surface area (Å²) in [6, 6.07) is 13.0. The zero-order valence-electron chi connectivity index (χ0n) is 12.0. The normalized spacial score (nSPS) is 10.6. The van der Waals surface area contributed by atoms with Crippen molar-refractivity contribution in [3.63, 3.8) is 0 Å². The number of halogens is 1. The second kappa shape index (κ2) is 6.12. The van der Waals surface area contributed by atoms with E-state index in [0.717, 1.165) is 22.2 Å². The molecule has 3 aromatic rings. The zero-order chi connectivity index (χ0) is 15.5. The molecule has 0 saturated carbocycles. The van der Waals surface area contributed by atoms with Crippen LogP contribution in [0.3, 0.4) is 0 Å². The highest BCUT2D eigenvalue weighted by Gasteiger charge is 2.12. The van der Waals surface area contributed by atoms with Crippen molar-refractivity contribution in [3.05, 3.63) is 64.8 Å². The van der Waals surface area contributed by atoms with Gasteiger partial charge in [0.2, 0.25) is 0 Å². The molecule has 1 aromatic heterocycles. The molecule has 5 heteroatoms. The molecule has 112 valence electrons. The molecule has 3 rings (SSSR count). The first-order valence-electron chi connectivity index (χ1n) is 6.86. The molecule has 2 N–H and O–H groups in total. The van der Waals surface area contributed by atoms with Crippen molar-refractivity contribution < 1.29 is 9.53 Å². The third-order valence-electron chi connectivity index (χ3n) is 3.53. The molecular weight excluding hydrogens is 300 g/mol. The summed E-state index contributed by atoms with van der Waals surface area (Å²) in [7, 11) is 1.61. The van der Waals surface area contributed by atoms with Gasteiger partial charge in [-0.15, -0.1) is 0 Å². The van der Waals surface area contributed by atoms with E-state index in [1.54, 1.807) is 19.4 Å². The van der Waals surface area contributed by atoms with Crippen LogP contribution in [0.2, 0.25) is 5.02 Å². The number of H-pyrrole nitrogens is 1. The van der Waals surface area contributed by atoms with Crippen LogP contribution in [0.15, 0.2) is 48.7 Å². The minimum Gasteiger partial charge on any atom is -0.497 e. The molecule has 0 spiro atoms. The van der Waals surface area contributed by atoms with E-state index in [0.29, 0.717) is 17.1 Å². The smallest absolute Gasteiger partial charge is 0.253 e. The minimum absolute atomic E-state index is 0.142. The highest BCUT2D eigenvalue weighted by Crippen LogP contribution is 2.23. The number of aromatic amines is 1. The molecule has 0 aliphatic heterocycles. The van der Waals surface area contributed by atoms with E-state index < -0.39 is 0 Å². The van der Waals surface area contributed by atoms with Crippen molar-refractivity contribution in [2.45, 2.75) is 6.54 Å². The summed E-state index contributed by atoms with van der Waals surface area (Å²) < 4.78 is 5.18. The number of benzene rings is 2. The van der Waals surface area contributed by atoms with Crippen LogP contribution < -0.4 is 10.1 Å². The predicted molar refractivity (Wildman–Crippen MR) is 87.5 cm³/mol. The van der Waals surface area contributed by atoms with Gasteiger partial charge in [-0.1, -0.05) is 29.8 Å². The molecule has 0 radical (unpaired) electrons. The van der Waals surface area contributed by atoms with Crippen LogP contribution in [0.5, 0.6) is 5.75 Å². The first kappa shape index (κ1) is 14.5. The van der Waals surface area contributed by atoms with Gasteiger partial charge in [-0.2, -0.15) is 0 Å². The van der Waals surface area contributed by atoms with Crippen molar-refractivity contribution in [3.8, 4) is 5.75 Å². The second-order valence-corrected chi connectivity index (χ2v) is 5.30. The molecular formula is C17H15ClN2O2. The topological polar surface area (TPSA) is 54.1 Å². The van der Waals surface area contributed by atoms with Gasteiger partial charge in [0.15, 0.2) is 0 Å². The van der Waals surface area contributed by atoms with Crippen LogP contribution in [-0.4, -0.2) is 18.0 Å². The van der Waals surface area contributed by atoms with E-state index in [-0.39, 0.29) is 5.91 Å². The molecule has 0 aliphatic carbocycles. The summed E-state index contributed by atoms with van der Waals surface area (Å²) in [6.45, 7) is 0.390. The monoisotopic (exact) mass is 314 g/mol. The molecule has 2 aromatic carbocycles. The van der Waals surface area contributed by atoms with Crippen molar-refractivity contribution in [2.24, 2.45) is 0 Å². The second-order valence-electron chi connectivity index (χ2n) is 4.89. The number of aromatic nitrogens is 1. The Morgan fingerprint density at radius 1 is 1.27 bits per heavy atom. The Labute approximate surface area is 133 Å². The number of amides is 1. The largest absolute Gasteiger partial charge is 0.497 e. The zero-order valence-corrected chi connectivity index (χ0v) is 12.8. The van der Waals surface area contributed by atoms with Gasteiger partial charge in [-0.3, -0.25) is 4.79 Å². The summed E-state index contributed by atoms with van der Waals surface area (Å²) in [4.78, 5) is 15.4. The number of hydrogen-bond acceptors (Lipinski definition) is 2. The molecule has 1 heterocycles. The molecule has 1 amide bonds. The average molecular weight is 315 g/mol. The number of fused-ring (bicyclic) bond motifs is 1. The maximum Gasteiger partial charge on any atom is 0.253 e. The summed E-state index contributed by atoms with van der Waals surface area (Å²) >= 11 is 6.09. The maximum absolute atomic E-state index is 12.4. The summed E-state index contributed by atoms with van der Waals surface area (Å²) in [5.74, 6) is 0.605. The molecule has 0 unspecified atom stereocenters. The van der Waals surface area contributed by atoms with Crippen molar-refractivity contribution in [1.82, 2.24) is 10.3 Å². The lowest BCUT2D eigenvalue weighted by Gasteiger charge is -2.06. The van der Waals surface area contributed by atoms with Crippen LogP contribution in [0.1, 0.15) is 15.9 Å².